The Morgan fingerprint density at radius 2 is 1.82 bits per heavy atom. The largest absolute Gasteiger partial charge is 0.384 e. The number of nitrogens with zero attached hydrogens (tertiary/aromatic N) is 2. The Hall–Kier alpha value is -1.61. The molecule has 0 aliphatic rings. The van der Waals surface area contributed by atoms with Crippen molar-refractivity contribution in [3.8, 4) is 0 Å². The summed E-state index contributed by atoms with van der Waals surface area (Å²) >= 11 is 5.83. The molecule has 2 N–H and O–H groups in total. The number of aryl methyl sites for hydroxylation is 3. The maximum absolute atomic E-state index is 5.83. The third-order valence-electron chi connectivity index (χ3n) is 2.47. The molecule has 0 aliphatic heterocycles. The Kier molecular flexibility index (Phi) is 3.59. The molecule has 3 nitrogen and oxygen atoms in total. The first-order valence-corrected chi connectivity index (χ1v) is 5.86. The highest BCUT2D eigenvalue weighted by atomic mass is 35.5. The molecule has 4 heteroatoms. The van der Waals surface area contributed by atoms with Gasteiger partial charge in [-0.15, -0.1) is 0 Å². The van der Waals surface area contributed by atoms with Gasteiger partial charge in [-0.25, -0.2) is 9.97 Å². The van der Waals surface area contributed by atoms with E-state index in [9.17, 15) is 0 Å². The third kappa shape index (κ3) is 3.43. The molecule has 0 spiro atoms. The summed E-state index contributed by atoms with van der Waals surface area (Å²) < 4.78 is 0. The molecule has 0 saturated carbocycles. The van der Waals surface area contributed by atoms with Crippen LogP contribution in [-0.2, 0) is 12.8 Å². The fraction of sp³-hybridized carbons (Fsp3) is 0.231. The van der Waals surface area contributed by atoms with Gasteiger partial charge >= 0.3 is 0 Å². The first-order chi connectivity index (χ1) is 8.13. The fourth-order valence-corrected chi connectivity index (χ4v) is 1.80. The maximum atomic E-state index is 5.83. The molecule has 2 aromatic rings. The molecule has 1 aromatic carbocycles. The SMILES string of the molecule is Cc1cc(N)nc(CCc2ccc(Cl)cc2)n1. The molecular weight excluding hydrogens is 234 g/mol. The lowest BCUT2D eigenvalue weighted by atomic mass is 10.1. The second-order valence-corrected chi connectivity index (χ2v) is 4.41. The van der Waals surface area contributed by atoms with Crippen LogP contribution in [0.2, 0.25) is 5.02 Å². The number of rotatable bonds is 3. The molecule has 2 rings (SSSR count). The summed E-state index contributed by atoms with van der Waals surface area (Å²) in [6.45, 7) is 1.92. The molecule has 0 amide bonds. The van der Waals surface area contributed by atoms with Crippen LogP contribution >= 0.6 is 11.6 Å². The number of nitrogens with two attached hydrogens (primary N) is 1. The molecule has 0 radical (unpaired) electrons. The predicted molar refractivity (Wildman–Crippen MR) is 70.0 cm³/mol. The zero-order valence-corrected chi connectivity index (χ0v) is 10.4. The second-order valence-electron chi connectivity index (χ2n) is 3.98. The molecule has 0 bridgehead atoms. The van der Waals surface area contributed by atoms with E-state index < -0.39 is 0 Å². The monoisotopic (exact) mass is 247 g/mol. The quantitative estimate of drug-likeness (QED) is 0.908. The molecule has 17 heavy (non-hydrogen) atoms. The Morgan fingerprint density at radius 1 is 1.12 bits per heavy atom. The standard InChI is InChI=1S/C13H14ClN3/c1-9-8-12(15)17-13(16-9)7-4-10-2-5-11(14)6-3-10/h2-3,5-6,8H,4,7H2,1H3,(H2,15,16,17). The van der Waals surface area contributed by atoms with E-state index in [1.54, 1.807) is 6.07 Å². The highest BCUT2D eigenvalue weighted by Crippen LogP contribution is 2.11. The van der Waals surface area contributed by atoms with Crippen molar-refractivity contribution in [3.05, 3.63) is 52.4 Å². The summed E-state index contributed by atoms with van der Waals surface area (Å²) in [4.78, 5) is 8.56. The predicted octanol–water partition coefficient (Wildman–Crippen LogP) is 2.81. The van der Waals surface area contributed by atoms with Gasteiger partial charge in [0.1, 0.15) is 11.6 Å². The van der Waals surface area contributed by atoms with Crippen LogP contribution in [-0.4, -0.2) is 9.97 Å². The first kappa shape index (κ1) is 11.9. The van der Waals surface area contributed by atoms with Crippen LogP contribution in [0.4, 0.5) is 5.82 Å². The van der Waals surface area contributed by atoms with Crippen LogP contribution in [0.5, 0.6) is 0 Å². The van der Waals surface area contributed by atoms with Gasteiger partial charge in [-0.3, -0.25) is 0 Å². The van der Waals surface area contributed by atoms with Crippen LogP contribution in [0.1, 0.15) is 17.1 Å². The number of hydrogen-bond donors (Lipinski definition) is 1. The normalized spacial score (nSPS) is 10.5. The Bertz CT molecular complexity index is 488. The van der Waals surface area contributed by atoms with Crippen LogP contribution in [0.3, 0.4) is 0 Å². The number of hydrogen-bond acceptors (Lipinski definition) is 3. The van der Waals surface area contributed by atoms with Crippen molar-refractivity contribution in [2.45, 2.75) is 19.8 Å². The van der Waals surface area contributed by atoms with Gasteiger partial charge in [-0.05, 0) is 31.0 Å². The summed E-state index contributed by atoms with van der Waals surface area (Å²) in [5.41, 5.74) is 7.81. The molecule has 0 fully saturated rings. The van der Waals surface area contributed by atoms with E-state index in [1.165, 1.54) is 5.56 Å². The van der Waals surface area contributed by atoms with Gasteiger partial charge in [-0.1, -0.05) is 23.7 Å². The minimum atomic E-state index is 0.531. The van der Waals surface area contributed by atoms with E-state index in [0.29, 0.717) is 5.82 Å². The van der Waals surface area contributed by atoms with E-state index in [4.69, 9.17) is 17.3 Å². The molecule has 0 saturated heterocycles. The van der Waals surface area contributed by atoms with E-state index in [-0.39, 0.29) is 0 Å². The van der Waals surface area contributed by atoms with Gasteiger partial charge in [0.25, 0.3) is 0 Å². The molecule has 0 atom stereocenters. The van der Waals surface area contributed by atoms with Gasteiger partial charge in [0.15, 0.2) is 0 Å². The number of benzene rings is 1. The fourth-order valence-electron chi connectivity index (χ4n) is 1.68. The zero-order valence-electron chi connectivity index (χ0n) is 9.65. The molecular formula is C13H14ClN3. The summed E-state index contributed by atoms with van der Waals surface area (Å²) in [5, 5.41) is 0.754. The van der Waals surface area contributed by atoms with Crippen molar-refractivity contribution in [2.75, 3.05) is 5.73 Å². The smallest absolute Gasteiger partial charge is 0.131 e. The van der Waals surface area contributed by atoms with Crippen LogP contribution < -0.4 is 5.73 Å². The lowest BCUT2D eigenvalue weighted by Crippen LogP contribution is -2.02. The summed E-state index contributed by atoms with van der Waals surface area (Å²) in [6.07, 6.45) is 1.67. The number of anilines is 1. The third-order valence-corrected chi connectivity index (χ3v) is 2.72. The second kappa shape index (κ2) is 5.15. The summed E-state index contributed by atoms with van der Waals surface area (Å²) in [6, 6.07) is 9.58. The van der Waals surface area contributed by atoms with Crippen molar-refractivity contribution in [1.29, 1.82) is 0 Å². The average Bonchev–Trinajstić information content (AvgIpc) is 2.27. The summed E-state index contributed by atoms with van der Waals surface area (Å²) in [7, 11) is 0. The Balaban J connectivity index is 2.04. The molecule has 88 valence electrons. The number of aromatic nitrogens is 2. The van der Waals surface area contributed by atoms with Gasteiger partial charge < -0.3 is 5.73 Å². The average molecular weight is 248 g/mol. The van der Waals surface area contributed by atoms with Crippen molar-refractivity contribution in [2.24, 2.45) is 0 Å². The van der Waals surface area contributed by atoms with E-state index in [0.717, 1.165) is 29.4 Å². The first-order valence-electron chi connectivity index (χ1n) is 5.48. The van der Waals surface area contributed by atoms with Gasteiger partial charge in [0.2, 0.25) is 0 Å². The zero-order chi connectivity index (χ0) is 12.3. The molecule has 1 heterocycles. The van der Waals surface area contributed by atoms with Crippen molar-refractivity contribution in [3.63, 3.8) is 0 Å². The highest BCUT2D eigenvalue weighted by Gasteiger charge is 2.01. The Morgan fingerprint density at radius 3 is 2.47 bits per heavy atom. The lowest BCUT2D eigenvalue weighted by Gasteiger charge is -2.03. The topological polar surface area (TPSA) is 51.8 Å². The van der Waals surface area contributed by atoms with Crippen LogP contribution in [0.15, 0.2) is 30.3 Å². The van der Waals surface area contributed by atoms with Gasteiger partial charge in [0.05, 0.1) is 0 Å². The minimum absolute atomic E-state index is 0.531. The molecule has 0 unspecified atom stereocenters. The van der Waals surface area contributed by atoms with E-state index in [2.05, 4.69) is 9.97 Å². The van der Waals surface area contributed by atoms with Gasteiger partial charge in [0, 0.05) is 23.2 Å². The minimum Gasteiger partial charge on any atom is -0.384 e. The highest BCUT2D eigenvalue weighted by molar-refractivity contribution is 6.30. The van der Waals surface area contributed by atoms with Crippen LogP contribution in [0, 0.1) is 6.92 Å². The number of halogens is 1. The number of nitrogen functional groups attached to an aromatic ring is 1. The van der Waals surface area contributed by atoms with Crippen molar-refractivity contribution < 1.29 is 0 Å². The maximum Gasteiger partial charge on any atom is 0.131 e. The van der Waals surface area contributed by atoms with E-state index in [1.807, 2.05) is 31.2 Å². The van der Waals surface area contributed by atoms with E-state index >= 15 is 0 Å². The van der Waals surface area contributed by atoms with Gasteiger partial charge in [-0.2, -0.15) is 0 Å². The van der Waals surface area contributed by atoms with Crippen molar-refractivity contribution in [1.82, 2.24) is 9.97 Å². The van der Waals surface area contributed by atoms with Crippen molar-refractivity contribution >= 4 is 17.4 Å². The molecule has 0 aliphatic carbocycles. The van der Waals surface area contributed by atoms with Crippen LogP contribution in [0.25, 0.3) is 0 Å². The summed E-state index contributed by atoms with van der Waals surface area (Å²) in [5.74, 6) is 1.32. The Labute approximate surface area is 106 Å². The lowest BCUT2D eigenvalue weighted by molar-refractivity contribution is 0.850. The molecule has 1 aromatic heterocycles.